The van der Waals surface area contributed by atoms with Gasteiger partial charge in [0.25, 0.3) is 0 Å². The number of rotatable bonds is 2. The monoisotopic (exact) mass is 224 g/mol. The van der Waals surface area contributed by atoms with Gasteiger partial charge in [-0.1, -0.05) is 0 Å². The fourth-order valence-corrected chi connectivity index (χ4v) is 2.86. The summed E-state index contributed by atoms with van der Waals surface area (Å²) in [6.07, 6.45) is 4.59. The van der Waals surface area contributed by atoms with Crippen LogP contribution in [0.3, 0.4) is 0 Å². The van der Waals surface area contributed by atoms with Crippen LogP contribution in [-0.4, -0.2) is 42.8 Å². The lowest BCUT2D eigenvalue weighted by molar-refractivity contribution is -0.126. The first-order chi connectivity index (χ1) is 7.72. The van der Waals surface area contributed by atoms with Crippen molar-refractivity contribution in [3.8, 4) is 0 Å². The molecule has 1 N–H and O–H groups in total. The Kier molecular flexibility index (Phi) is 3.59. The van der Waals surface area contributed by atoms with Gasteiger partial charge in [0.05, 0.1) is 6.04 Å². The quantitative estimate of drug-likeness (QED) is 0.746. The maximum Gasteiger partial charge on any atom is 0.222 e. The third-order valence-corrected chi connectivity index (χ3v) is 3.86. The zero-order valence-electron chi connectivity index (χ0n) is 9.87. The number of piperidine rings is 1. The molecule has 1 amide bonds. The van der Waals surface area contributed by atoms with Crippen molar-refractivity contribution in [3.05, 3.63) is 0 Å². The minimum absolute atomic E-state index is 0.150. The van der Waals surface area contributed by atoms with Gasteiger partial charge in [0.15, 0.2) is 0 Å². The van der Waals surface area contributed by atoms with Crippen LogP contribution >= 0.6 is 0 Å². The van der Waals surface area contributed by atoms with E-state index in [1.807, 2.05) is 0 Å². The second-order valence-electron chi connectivity index (χ2n) is 4.80. The number of carbonyl (C=O) groups is 2. The molecule has 0 aromatic rings. The van der Waals surface area contributed by atoms with Crippen LogP contribution in [0.2, 0.25) is 0 Å². The minimum Gasteiger partial charge on any atom is -0.359 e. The van der Waals surface area contributed by atoms with E-state index < -0.39 is 0 Å². The molecule has 1 saturated heterocycles. The number of hydrogen-bond acceptors (Lipinski definition) is 3. The van der Waals surface area contributed by atoms with Crippen LogP contribution in [0.4, 0.5) is 0 Å². The van der Waals surface area contributed by atoms with Gasteiger partial charge >= 0.3 is 0 Å². The number of nitrogens with zero attached hydrogens (tertiary/aromatic N) is 1. The molecule has 1 atom stereocenters. The van der Waals surface area contributed by atoms with E-state index in [1.165, 1.54) is 0 Å². The van der Waals surface area contributed by atoms with Gasteiger partial charge in [0.2, 0.25) is 5.91 Å². The lowest BCUT2D eigenvalue weighted by Crippen LogP contribution is -2.45. The lowest BCUT2D eigenvalue weighted by atomic mass is 9.94. The van der Waals surface area contributed by atoms with Crippen molar-refractivity contribution in [1.29, 1.82) is 0 Å². The van der Waals surface area contributed by atoms with Crippen molar-refractivity contribution < 1.29 is 9.59 Å². The smallest absolute Gasteiger partial charge is 0.222 e. The molecule has 1 saturated carbocycles. The van der Waals surface area contributed by atoms with Crippen molar-refractivity contribution >= 4 is 11.7 Å². The molecule has 1 aliphatic heterocycles. The van der Waals surface area contributed by atoms with Gasteiger partial charge in [-0.15, -0.1) is 0 Å². The Morgan fingerprint density at radius 1 is 1.31 bits per heavy atom. The molecule has 1 aliphatic carbocycles. The highest BCUT2D eigenvalue weighted by molar-refractivity contribution is 5.86. The molecule has 2 rings (SSSR count). The molecule has 0 spiro atoms. The minimum atomic E-state index is 0.150. The summed E-state index contributed by atoms with van der Waals surface area (Å²) < 4.78 is 0. The highest BCUT2D eigenvalue weighted by Crippen LogP contribution is 2.25. The molecule has 0 aromatic heterocycles. The molecule has 2 fully saturated rings. The molecule has 1 unspecified atom stereocenters. The predicted octanol–water partition coefficient (Wildman–Crippen LogP) is 0.566. The maximum absolute atomic E-state index is 11.6. The van der Waals surface area contributed by atoms with Crippen LogP contribution in [-0.2, 0) is 9.59 Å². The first-order valence-corrected chi connectivity index (χ1v) is 6.20. The van der Waals surface area contributed by atoms with E-state index in [0.717, 1.165) is 45.2 Å². The third kappa shape index (κ3) is 2.26. The van der Waals surface area contributed by atoms with E-state index >= 15 is 0 Å². The molecule has 0 bridgehead atoms. The van der Waals surface area contributed by atoms with Crippen LogP contribution in [0.5, 0.6) is 0 Å². The number of Topliss-reactive ketones (excluding diaryl/α,β-unsaturated/α-hetero) is 1. The SMILES string of the molecule is CNC(=O)C1CCN(C2CCCC2=O)CC1. The Bertz CT molecular complexity index is 283. The van der Waals surface area contributed by atoms with Crippen LogP contribution in [0.25, 0.3) is 0 Å². The summed E-state index contributed by atoms with van der Waals surface area (Å²) in [6, 6.07) is 0.158. The summed E-state index contributed by atoms with van der Waals surface area (Å²) in [6.45, 7) is 1.79. The molecule has 4 heteroatoms. The van der Waals surface area contributed by atoms with Gasteiger partial charge in [0, 0.05) is 19.4 Å². The molecule has 0 radical (unpaired) electrons. The Balaban J connectivity index is 1.85. The molecular formula is C12H20N2O2. The highest BCUT2D eigenvalue weighted by Gasteiger charge is 2.33. The molecule has 1 heterocycles. The lowest BCUT2D eigenvalue weighted by Gasteiger charge is -2.34. The molecule has 0 aromatic carbocycles. The van der Waals surface area contributed by atoms with E-state index in [1.54, 1.807) is 7.05 Å². The van der Waals surface area contributed by atoms with Gasteiger partial charge in [-0.05, 0) is 38.8 Å². The number of likely N-dealkylation sites (tertiary alicyclic amines) is 1. The van der Waals surface area contributed by atoms with Gasteiger partial charge in [-0.2, -0.15) is 0 Å². The van der Waals surface area contributed by atoms with E-state index in [0.29, 0.717) is 5.78 Å². The Morgan fingerprint density at radius 3 is 2.50 bits per heavy atom. The van der Waals surface area contributed by atoms with Gasteiger partial charge in [-0.3, -0.25) is 14.5 Å². The number of carbonyl (C=O) groups excluding carboxylic acids is 2. The van der Waals surface area contributed by atoms with E-state index in [2.05, 4.69) is 10.2 Å². The largest absolute Gasteiger partial charge is 0.359 e. The zero-order chi connectivity index (χ0) is 11.5. The van der Waals surface area contributed by atoms with Gasteiger partial charge in [-0.25, -0.2) is 0 Å². The van der Waals surface area contributed by atoms with Crippen LogP contribution in [0.15, 0.2) is 0 Å². The topological polar surface area (TPSA) is 49.4 Å². The Morgan fingerprint density at radius 2 is 2.00 bits per heavy atom. The molecule has 16 heavy (non-hydrogen) atoms. The number of nitrogens with one attached hydrogen (secondary N) is 1. The zero-order valence-corrected chi connectivity index (χ0v) is 9.87. The molecule has 90 valence electrons. The van der Waals surface area contributed by atoms with Crippen molar-refractivity contribution in [1.82, 2.24) is 10.2 Å². The number of ketones is 1. The number of hydrogen-bond donors (Lipinski definition) is 1. The number of amides is 1. The standard InChI is InChI=1S/C12H20N2O2/c1-13-12(16)9-5-7-14(8-6-9)10-3-2-4-11(10)15/h9-10H,2-8H2,1H3,(H,13,16). The average molecular weight is 224 g/mol. The van der Waals surface area contributed by atoms with Crippen LogP contribution in [0, 0.1) is 5.92 Å². The maximum atomic E-state index is 11.6. The molecular weight excluding hydrogens is 204 g/mol. The predicted molar refractivity (Wildman–Crippen MR) is 61.0 cm³/mol. The van der Waals surface area contributed by atoms with Crippen LogP contribution < -0.4 is 5.32 Å². The third-order valence-electron chi connectivity index (χ3n) is 3.86. The van der Waals surface area contributed by atoms with Crippen molar-refractivity contribution in [2.45, 2.75) is 38.1 Å². The van der Waals surface area contributed by atoms with E-state index in [4.69, 9.17) is 0 Å². The van der Waals surface area contributed by atoms with E-state index in [9.17, 15) is 9.59 Å². The fraction of sp³-hybridized carbons (Fsp3) is 0.833. The van der Waals surface area contributed by atoms with Gasteiger partial charge < -0.3 is 5.32 Å². The molecule has 2 aliphatic rings. The summed E-state index contributed by atoms with van der Waals surface area (Å²) >= 11 is 0. The van der Waals surface area contributed by atoms with Crippen LogP contribution in [0.1, 0.15) is 32.1 Å². The molecule has 4 nitrogen and oxygen atoms in total. The average Bonchev–Trinajstić information content (AvgIpc) is 2.75. The van der Waals surface area contributed by atoms with E-state index in [-0.39, 0.29) is 17.9 Å². The second-order valence-corrected chi connectivity index (χ2v) is 4.80. The summed E-state index contributed by atoms with van der Waals surface area (Å²) in [5.74, 6) is 0.702. The first-order valence-electron chi connectivity index (χ1n) is 6.20. The Hall–Kier alpha value is -0.900. The summed E-state index contributed by atoms with van der Waals surface area (Å²) in [7, 11) is 1.69. The first kappa shape index (κ1) is 11.6. The van der Waals surface area contributed by atoms with Crippen molar-refractivity contribution in [2.24, 2.45) is 5.92 Å². The second kappa shape index (κ2) is 4.95. The highest BCUT2D eigenvalue weighted by atomic mass is 16.1. The van der Waals surface area contributed by atoms with Crippen molar-refractivity contribution in [3.63, 3.8) is 0 Å². The van der Waals surface area contributed by atoms with Crippen molar-refractivity contribution in [2.75, 3.05) is 20.1 Å². The van der Waals surface area contributed by atoms with Gasteiger partial charge in [0.1, 0.15) is 5.78 Å². The fourth-order valence-electron chi connectivity index (χ4n) is 2.86. The summed E-state index contributed by atoms with van der Waals surface area (Å²) in [4.78, 5) is 25.4. The summed E-state index contributed by atoms with van der Waals surface area (Å²) in [5, 5.41) is 2.70. The normalized spacial score (nSPS) is 28.3. The Labute approximate surface area is 96.4 Å². The summed E-state index contributed by atoms with van der Waals surface area (Å²) in [5.41, 5.74) is 0.